The number of aromatic nitrogens is 2. The van der Waals surface area contributed by atoms with E-state index in [0.29, 0.717) is 11.8 Å². The number of benzene rings is 4. The molecule has 240 valence electrons. The number of hydrogen-bond donors (Lipinski definition) is 0. The molecule has 0 radical (unpaired) electrons. The van der Waals surface area contributed by atoms with E-state index in [0.717, 1.165) is 24.4 Å². The standard InChI is InChI=1S/C47H37N3/c1-4-16-32(17-5-1)34-30-41(33-18-6-2-7-19-33)48-45(31-34)50-43-28-13-11-23-40(43)46-37(24-15-29-44(46)50)39-26-14-25-38-36-22-10-12-27-42(36)49(47(38)39)35-20-8-3-9-21-35/h1-16,18,20-33,36,42H,17,19H2. The third-order valence-electron chi connectivity index (χ3n) is 10.9. The quantitative estimate of drug-likeness (QED) is 0.186. The Balaban J connectivity index is 1.22. The predicted octanol–water partition coefficient (Wildman–Crippen LogP) is 11.8. The van der Waals surface area contributed by atoms with Crippen molar-refractivity contribution in [2.75, 3.05) is 4.90 Å². The lowest BCUT2D eigenvalue weighted by Crippen LogP contribution is -2.28. The van der Waals surface area contributed by atoms with Crippen LogP contribution in [0.1, 0.15) is 47.4 Å². The van der Waals surface area contributed by atoms with E-state index in [1.165, 1.54) is 55.4 Å². The summed E-state index contributed by atoms with van der Waals surface area (Å²) in [7, 11) is 0. The van der Waals surface area contributed by atoms with Gasteiger partial charge in [-0.2, -0.15) is 0 Å². The van der Waals surface area contributed by atoms with Crippen LogP contribution in [0, 0.1) is 0 Å². The number of nitrogens with zero attached hydrogens (tertiary/aromatic N) is 3. The molecule has 3 heteroatoms. The van der Waals surface area contributed by atoms with Crippen LogP contribution in [-0.4, -0.2) is 15.6 Å². The number of fused-ring (bicyclic) bond motifs is 6. The molecular weight excluding hydrogens is 607 g/mol. The Hall–Kier alpha value is -5.93. The normalized spacial score (nSPS) is 21.7. The zero-order chi connectivity index (χ0) is 33.0. The van der Waals surface area contributed by atoms with Gasteiger partial charge in [-0.05, 0) is 65.9 Å². The second-order valence-electron chi connectivity index (χ2n) is 13.8. The molecule has 0 amide bonds. The van der Waals surface area contributed by atoms with Crippen molar-refractivity contribution in [2.24, 2.45) is 0 Å². The van der Waals surface area contributed by atoms with E-state index in [9.17, 15) is 0 Å². The average Bonchev–Trinajstić information content (AvgIpc) is 3.72. The fourth-order valence-electron chi connectivity index (χ4n) is 8.68. The largest absolute Gasteiger partial charge is 0.333 e. The van der Waals surface area contributed by atoms with Crippen molar-refractivity contribution in [1.82, 2.24) is 9.55 Å². The summed E-state index contributed by atoms with van der Waals surface area (Å²) >= 11 is 0. The molecule has 4 aliphatic rings. The Bertz CT molecular complexity index is 2420. The van der Waals surface area contributed by atoms with Crippen LogP contribution in [0.3, 0.4) is 0 Å². The number of hydrogen-bond acceptors (Lipinski definition) is 2. The molecule has 3 heterocycles. The number of anilines is 2. The van der Waals surface area contributed by atoms with Crippen LogP contribution in [0.25, 0.3) is 38.8 Å². The van der Waals surface area contributed by atoms with E-state index in [4.69, 9.17) is 4.98 Å². The molecular formula is C47H37N3. The number of pyridine rings is 1. The van der Waals surface area contributed by atoms with Crippen LogP contribution in [0.2, 0.25) is 0 Å². The predicted molar refractivity (Wildman–Crippen MR) is 209 cm³/mol. The summed E-state index contributed by atoms with van der Waals surface area (Å²) in [6.07, 6.45) is 28.9. The first-order valence-corrected chi connectivity index (χ1v) is 17.9. The summed E-state index contributed by atoms with van der Waals surface area (Å²) in [6.45, 7) is 0. The van der Waals surface area contributed by atoms with E-state index in [1.54, 1.807) is 0 Å². The van der Waals surface area contributed by atoms with E-state index in [-0.39, 0.29) is 12.0 Å². The van der Waals surface area contributed by atoms with Gasteiger partial charge in [0.05, 0.1) is 28.5 Å². The van der Waals surface area contributed by atoms with Gasteiger partial charge in [0, 0.05) is 39.8 Å². The lowest BCUT2D eigenvalue weighted by atomic mass is 9.89. The van der Waals surface area contributed by atoms with Gasteiger partial charge in [-0.1, -0.05) is 140 Å². The monoisotopic (exact) mass is 643 g/mol. The molecule has 10 rings (SSSR count). The van der Waals surface area contributed by atoms with Gasteiger partial charge in [-0.3, -0.25) is 4.57 Å². The lowest BCUT2D eigenvalue weighted by molar-refractivity contribution is 0.745. The Morgan fingerprint density at radius 1 is 0.580 bits per heavy atom. The topological polar surface area (TPSA) is 21.1 Å². The Kier molecular flexibility index (Phi) is 6.90. The van der Waals surface area contributed by atoms with E-state index < -0.39 is 0 Å². The van der Waals surface area contributed by atoms with E-state index in [2.05, 4.69) is 186 Å². The molecule has 4 unspecified atom stereocenters. The number of para-hydroxylation sites is 3. The molecule has 3 nitrogen and oxygen atoms in total. The van der Waals surface area contributed by atoms with Crippen LogP contribution < -0.4 is 4.90 Å². The van der Waals surface area contributed by atoms with Crippen LogP contribution in [0.15, 0.2) is 176 Å². The van der Waals surface area contributed by atoms with Gasteiger partial charge in [-0.15, -0.1) is 0 Å². The summed E-state index contributed by atoms with van der Waals surface area (Å²) in [4.78, 5) is 8.03. The molecule has 50 heavy (non-hydrogen) atoms. The van der Waals surface area contributed by atoms with Gasteiger partial charge in [0.1, 0.15) is 5.82 Å². The van der Waals surface area contributed by atoms with Gasteiger partial charge in [-0.25, -0.2) is 4.98 Å². The van der Waals surface area contributed by atoms with Gasteiger partial charge in [0.2, 0.25) is 0 Å². The zero-order valence-electron chi connectivity index (χ0n) is 27.8. The van der Waals surface area contributed by atoms with Crippen molar-refractivity contribution in [3.05, 3.63) is 193 Å². The highest BCUT2D eigenvalue weighted by Gasteiger charge is 2.39. The first-order valence-electron chi connectivity index (χ1n) is 17.9. The molecule has 4 aromatic carbocycles. The Morgan fingerprint density at radius 2 is 1.30 bits per heavy atom. The van der Waals surface area contributed by atoms with Crippen LogP contribution in [0.4, 0.5) is 11.4 Å². The van der Waals surface area contributed by atoms with Crippen molar-refractivity contribution < 1.29 is 0 Å². The summed E-state index contributed by atoms with van der Waals surface area (Å²) in [5.41, 5.74) is 11.2. The number of rotatable bonds is 5. The molecule has 1 aliphatic heterocycles. The second kappa shape index (κ2) is 11.9. The molecule has 0 fully saturated rings. The van der Waals surface area contributed by atoms with Gasteiger partial charge in [0.15, 0.2) is 0 Å². The minimum atomic E-state index is 0.233. The Labute approximate surface area is 293 Å². The van der Waals surface area contributed by atoms with Crippen molar-refractivity contribution in [3.63, 3.8) is 0 Å². The highest BCUT2D eigenvalue weighted by molar-refractivity contribution is 6.17. The van der Waals surface area contributed by atoms with Crippen LogP contribution >= 0.6 is 0 Å². The summed E-state index contributed by atoms with van der Waals surface area (Å²) in [6, 6.07) is 38.4. The molecule has 2 aromatic heterocycles. The first kappa shape index (κ1) is 29.0. The molecule has 0 saturated heterocycles. The molecule has 0 bridgehead atoms. The summed E-state index contributed by atoms with van der Waals surface area (Å²) < 4.78 is 2.41. The lowest BCUT2D eigenvalue weighted by Gasteiger charge is -2.29. The van der Waals surface area contributed by atoms with Gasteiger partial charge >= 0.3 is 0 Å². The fraction of sp³-hybridized carbons (Fsp3) is 0.128. The summed E-state index contributed by atoms with van der Waals surface area (Å²) in [5.74, 6) is 1.87. The second-order valence-corrected chi connectivity index (χ2v) is 13.8. The molecule has 3 aliphatic carbocycles. The number of allylic oxidation sites excluding steroid dienone is 10. The maximum atomic E-state index is 5.47. The Morgan fingerprint density at radius 3 is 2.14 bits per heavy atom. The van der Waals surface area contributed by atoms with Crippen molar-refractivity contribution in [2.45, 2.75) is 36.6 Å². The molecule has 0 N–H and O–H groups in total. The average molecular weight is 644 g/mol. The fourth-order valence-corrected chi connectivity index (χ4v) is 8.68. The van der Waals surface area contributed by atoms with E-state index in [1.807, 2.05) is 0 Å². The SMILES string of the molecule is C1=CCC(c2cc(C3C=CC=CC3)nc(-n3c4ccccc4c4c(-c5cccc6c5N(c5ccccc5)C5C=CC=CC65)cccc43)c2)C=C1. The van der Waals surface area contributed by atoms with Gasteiger partial charge < -0.3 is 4.90 Å². The van der Waals surface area contributed by atoms with Crippen molar-refractivity contribution >= 4 is 33.2 Å². The smallest absolute Gasteiger partial charge is 0.138 e. The third kappa shape index (κ3) is 4.61. The van der Waals surface area contributed by atoms with Crippen LogP contribution in [-0.2, 0) is 0 Å². The maximum Gasteiger partial charge on any atom is 0.138 e. The highest BCUT2D eigenvalue weighted by Crippen LogP contribution is 2.53. The minimum Gasteiger partial charge on any atom is -0.333 e. The first-order chi connectivity index (χ1) is 24.8. The summed E-state index contributed by atoms with van der Waals surface area (Å²) in [5, 5.41) is 2.51. The van der Waals surface area contributed by atoms with Gasteiger partial charge in [0.25, 0.3) is 0 Å². The molecule has 0 saturated carbocycles. The third-order valence-corrected chi connectivity index (χ3v) is 10.9. The maximum absolute atomic E-state index is 5.47. The zero-order valence-corrected chi connectivity index (χ0v) is 27.8. The molecule has 6 aromatic rings. The van der Waals surface area contributed by atoms with E-state index >= 15 is 0 Å². The highest BCUT2D eigenvalue weighted by atomic mass is 15.2. The van der Waals surface area contributed by atoms with Crippen molar-refractivity contribution in [1.29, 1.82) is 0 Å². The molecule has 4 atom stereocenters. The minimum absolute atomic E-state index is 0.233. The van der Waals surface area contributed by atoms with Crippen LogP contribution in [0.5, 0.6) is 0 Å². The molecule has 0 spiro atoms. The van der Waals surface area contributed by atoms with Crippen molar-refractivity contribution in [3.8, 4) is 16.9 Å².